The van der Waals surface area contributed by atoms with Gasteiger partial charge in [-0.25, -0.2) is 32.5 Å². The summed E-state index contributed by atoms with van der Waals surface area (Å²) in [7, 11) is -3.45. The summed E-state index contributed by atoms with van der Waals surface area (Å²) in [5.74, 6) is -0.0405. The highest BCUT2D eigenvalue weighted by Crippen LogP contribution is 2.32. The number of hydrogen-bond acceptors (Lipinski definition) is 8. The Labute approximate surface area is 257 Å². The van der Waals surface area contributed by atoms with Gasteiger partial charge in [-0.2, -0.15) is 5.10 Å². The largest absolute Gasteiger partial charge is 0.335 e. The molecule has 7 rings (SSSR count). The first kappa shape index (κ1) is 28.7. The van der Waals surface area contributed by atoms with Crippen molar-refractivity contribution in [2.45, 2.75) is 32.2 Å². The van der Waals surface area contributed by atoms with Crippen molar-refractivity contribution in [3.8, 4) is 33.9 Å². The van der Waals surface area contributed by atoms with E-state index in [4.69, 9.17) is 4.98 Å². The van der Waals surface area contributed by atoms with Crippen molar-refractivity contribution in [2.24, 2.45) is 5.92 Å². The van der Waals surface area contributed by atoms with E-state index in [1.165, 1.54) is 12.1 Å². The first-order valence-electron chi connectivity index (χ1n) is 14.4. The summed E-state index contributed by atoms with van der Waals surface area (Å²) in [4.78, 5) is 34.2. The molecule has 0 bridgehead atoms. The number of nitrogens with zero attached hydrogens (tertiary/aromatic N) is 5. The van der Waals surface area contributed by atoms with Crippen LogP contribution in [0.25, 0.3) is 56.1 Å². The number of nitrogens with one attached hydrogen (secondary N) is 4. The van der Waals surface area contributed by atoms with Crippen LogP contribution in [-0.2, 0) is 21.4 Å². The molecule has 0 unspecified atom stereocenters. The molecule has 5 aromatic heterocycles. The lowest BCUT2D eigenvalue weighted by atomic mass is 10.0. The van der Waals surface area contributed by atoms with Gasteiger partial charge in [-0.05, 0) is 66.4 Å². The standard InChI is InChI=1S/C31H28FN9O3S/c1-45(43,44)35-14-17-10-19(12-21(32)11-17)23-8-9-34-29-26(23)38-30(39-29)28-27-25(40-41-28)7-6-24(37-27)20-13-22(16-33-15-20)36-31(42)18-4-2-3-5-18/h6-13,15-16,18,35H,2-5,14H2,1H3,(H,36,42)(H,40,41)(H,34,38,39). The molecule has 1 aromatic carbocycles. The lowest BCUT2D eigenvalue weighted by molar-refractivity contribution is -0.119. The Bertz CT molecular complexity index is 2190. The van der Waals surface area contributed by atoms with Gasteiger partial charge < -0.3 is 10.3 Å². The normalized spacial score (nSPS) is 14.0. The number of halogens is 1. The third kappa shape index (κ3) is 6.01. The molecule has 228 valence electrons. The molecule has 1 aliphatic carbocycles. The summed E-state index contributed by atoms with van der Waals surface area (Å²) in [6, 6.07) is 11.7. The summed E-state index contributed by atoms with van der Waals surface area (Å²) in [5, 5.41) is 10.5. The number of carbonyl (C=O) groups is 1. The predicted octanol–water partition coefficient (Wildman–Crippen LogP) is 4.94. The number of rotatable bonds is 8. The summed E-state index contributed by atoms with van der Waals surface area (Å²) in [6.45, 7) is -0.0510. The van der Waals surface area contributed by atoms with Crippen LogP contribution in [0.4, 0.5) is 10.1 Å². The first-order valence-corrected chi connectivity index (χ1v) is 16.3. The molecule has 6 aromatic rings. The van der Waals surface area contributed by atoms with E-state index in [0.29, 0.717) is 61.8 Å². The number of aromatic nitrogens is 7. The van der Waals surface area contributed by atoms with Crippen LogP contribution in [0.15, 0.2) is 61.1 Å². The molecule has 1 fully saturated rings. The number of pyridine rings is 3. The van der Waals surface area contributed by atoms with Gasteiger partial charge in [-0.1, -0.05) is 12.8 Å². The number of anilines is 1. The fourth-order valence-electron chi connectivity index (χ4n) is 5.69. The summed E-state index contributed by atoms with van der Waals surface area (Å²) in [6.07, 6.45) is 9.91. The molecule has 1 amide bonds. The summed E-state index contributed by atoms with van der Waals surface area (Å²) in [5.41, 5.74) is 6.28. The van der Waals surface area contributed by atoms with Gasteiger partial charge in [0.1, 0.15) is 11.3 Å². The zero-order chi connectivity index (χ0) is 31.1. The number of benzene rings is 1. The average molecular weight is 626 g/mol. The molecule has 0 radical (unpaired) electrons. The van der Waals surface area contributed by atoms with Crippen LogP contribution in [0.1, 0.15) is 31.2 Å². The van der Waals surface area contributed by atoms with Crippen molar-refractivity contribution in [2.75, 3.05) is 11.6 Å². The van der Waals surface area contributed by atoms with Crippen molar-refractivity contribution in [1.29, 1.82) is 0 Å². The highest BCUT2D eigenvalue weighted by atomic mass is 32.2. The minimum absolute atomic E-state index is 0.0184. The lowest BCUT2D eigenvalue weighted by Crippen LogP contribution is -2.21. The van der Waals surface area contributed by atoms with Crippen molar-refractivity contribution < 1.29 is 17.6 Å². The number of amides is 1. The number of H-pyrrole nitrogens is 2. The third-order valence-electron chi connectivity index (χ3n) is 7.86. The van der Waals surface area contributed by atoms with Gasteiger partial charge in [0.05, 0.1) is 34.9 Å². The van der Waals surface area contributed by atoms with E-state index >= 15 is 0 Å². The fourth-order valence-corrected chi connectivity index (χ4v) is 6.12. The van der Waals surface area contributed by atoms with Crippen molar-refractivity contribution >= 4 is 43.8 Å². The van der Waals surface area contributed by atoms with Gasteiger partial charge in [0, 0.05) is 36.0 Å². The van der Waals surface area contributed by atoms with Crippen LogP contribution in [0, 0.1) is 11.7 Å². The molecule has 1 aliphatic rings. The monoisotopic (exact) mass is 625 g/mol. The quantitative estimate of drug-likeness (QED) is 0.184. The summed E-state index contributed by atoms with van der Waals surface area (Å²) >= 11 is 0. The van der Waals surface area contributed by atoms with E-state index in [-0.39, 0.29) is 18.4 Å². The maximum absolute atomic E-state index is 14.6. The number of hydrogen-bond donors (Lipinski definition) is 4. The highest BCUT2D eigenvalue weighted by Gasteiger charge is 2.23. The van der Waals surface area contributed by atoms with Crippen molar-refractivity contribution in [3.63, 3.8) is 0 Å². The molecular weight excluding hydrogens is 597 g/mol. The Kier molecular flexibility index (Phi) is 7.30. The zero-order valence-electron chi connectivity index (χ0n) is 24.1. The summed E-state index contributed by atoms with van der Waals surface area (Å²) < 4.78 is 40.1. The van der Waals surface area contributed by atoms with Crippen LogP contribution in [0.2, 0.25) is 0 Å². The van der Waals surface area contributed by atoms with Crippen molar-refractivity contribution in [3.05, 3.63) is 72.4 Å². The maximum atomic E-state index is 14.6. The minimum atomic E-state index is -3.45. The molecule has 0 aliphatic heterocycles. The van der Waals surface area contributed by atoms with Crippen LogP contribution in [-0.4, -0.2) is 55.7 Å². The molecule has 0 atom stereocenters. The van der Waals surface area contributed by atoms with E-state index in [1.807, 2.05) is 18.2 Å². The molecule has 5 heterocycles. The number of imidazole rings is 1. The van der Waals surface area contributed by atoms with Gasteiger partial charge in [0.15, 0.2) is 17.2 Å². The third-order valence-corrected chi connectivity index (χ3v) is 8.53. The van der Waals surface area contributed by atoms with Crippen LogP contribution < -0.4 is 10.0 Å². The molecule has 12 nitrogen and oxygen atoms in total. The Hall–Kier alpha value is -5.08. The predicted molar refractivity (Wildman–Crippen MR) is 168 cm³/mol. The SMILES string of the molecule is CS(=O)(=O)NCc1cc(F)cc(-c2ccnc3nc(-c4n[nH]c5ccc(-c6cncc(NC(=O)C7CCCC7)c6)nc45)[nH]c23)c1. The molecule has 14 heteroatoms. The van der Waals surface area contributed by atoms with Gasteiger partial charge >= 0.3 is 0 Å². The van der Waals surface area contributed by atoms with Crippen LogP contribution >= 0.6 is 0 Å². The molecule has 0 saturated heterocycles. The smallest absolute Gasteiger partial charge is 0.227 e. The van der Waals surface area contributed by atoms with Crippen LogP contribution in [0.3, 0.4) is 0 Å². The average Bonchev–Trinajstić information content (AvgIpc) is 3.79. The number of carbonyl (C=O) groups excluding carboxylic acids is 1. The lowest BCUT2D eigenvalue weighted by Gasteiger charge is -2.11. The molecule has 45 heavy (non-hydrogen) atoms. The number of sulfonamides is 1. The zero-order valence-corrected chi connectivity index (χ0v) is 24.9. The highest BCUT2D eigenvalue weighted by molar-refractivity contribution is 7.88. The molecular formula is C31H28FN9O3S. The number of aromatic amines is 2. The minimum Gasteiger partial charge on any atom is -0.335 e. The Morgan fingerprint density at radius 3 is 2.71 bits per heavy atom. The van der Waals surface area contributed by atoms with Crippen molar-refractivity contribution in [1.82, 2.24) is 39.8 Å². The molecule has 1 saturated carbocycles. The van der Waals surface area contributed by atoms with Gasteiger partial charge in [0.25, 0.3) is 0 Å². The first-order chi connectivity index (χ1) is 21.7. The van der Waals surface area contributed by atoms with E-state index in [0.717, 1.165) is 37.5 Å². The number of fused-ring (bicyclic) bond motifs is 2. The second kappa shape index (κ2) is 11.4. The molecule has 4 N–H and O–H groups in total. The fraction of sp³-hybridized carbons (Fsp3) is 0.226. The van der Waals surface area contributed by atoms with E-state index < -0.39 is 15.8 Å². The topological polar surface area (TPSA) is 171 Å². The van der Waals surface area contributed by atoms with Gasteiger partial charge in [0.2, 0.25) is 15.9 Å². The second-order valence-electron chi connectivity index (χ2n) is 11.2. The maximum Gasteiger partial charge on any atom is 0.227 e. The van der Waals surface area contributed by atoms with E-state index in [1.54, 1.807) is 30.7 Å². The Morgan fingerprint density at radius 1 is 1.04 bits per heavy atom. The van der Waals surface area contributed by atoms with Gasteiger partial charge in [-0.3, -0.25) is 14.9 Å². The Morgan fingerprint density at radius 2 is 1.89 bits per heavy atom. The molecule has 0 spiro atoms. The van der Waals surface area contributed by atoms with E-state index in [9.17, 15) is 17.6 Å². The van der Waals surface area contributed by atoms with Crippen LogP contribution in [0.5, 0.6) is 0 Å². The van der Waals surface area contributed by atoms with E-state index in [2.05, 4.69) is 40.2 Å². The second-order valence-corrected chi connectivity index (χ2v) is 13.0. The Balaban J connectivity index is 1.22. The van der Waals surface area contributed by atoms with Gasteiger partial charge in [-0.15, -0.1) is 0 Å².